The summed E-state index contributed by atoms with van der Waals surface area (Å²) in [6, 6.07) is 5.69. The first-order chi connectivity index (χ1) is 6.63. The fourth-order valence-corrected chi connectivity index (χ4v) is 2.18. The second-order valence-electron chi connectivity index (χ2n) is 2.88. The van der Waals surface area contributed by atoms with Gasteiger partial charge >= 0.3 is 0 Å². The van der Waals surface area contributed by atoms with E-state index in [1.54, 1.807) is 0 Å². The van der Waals surface area contributed by atoms with Gasteiger partial charge < -0.3 is 16.6 Å². The molecule has 0 saturated heterocycles. The van der Waals surface area contributed by atoms with Gasteiger partial charge in [0.2, 0.25) is 0 Å². The lowest BCUT2D eigenvalue weighted by atomic mass is 10.3. The Morgan fingerprint density at radius 2 is 2.21 bits per heavy atom. The summed E-state index contributed by atoms with van der Waals surface area (Å²) in [7, 11) is 0. The lowest BCUT2D eigenvalue weighted by molar-refractivity contribution is 0.208. The van der Waals surface area contributed by atoms with E-state index in [0.29, 0.717) is 11.4 Å². The third-order valence-electron chi connectivity index (χ3n) is 1.68. The number of hydrogen-bond donors (Lipinski definition) is 3. The van der Waals surface area contributed by atoms with Gasteiger partial charge in [0.15, 0.2) is 0 Å². The van der Waals surface area contributed by atoms with Crippen molar-refractivity contribution in [1.82, 2.24) is 0 Å². The van der Waals surface area contributed by atoms with Crippen LogP contribution >= 0.6 is 27.7 Å². The summed E-state index contributed by atoms with van der Waals surface area (Å²) < 4.78 is 0.957. The molecule has 3 nitrogen and oxygen atoms in total. The summed E-state index contributed by atoms with van der Waals surface area (Å²) in [6.07, 6.45) is -0.469. The molecule has 0 aliphatic heterocycles. The zero-order valence-electron chi connectivity index (χ0n) is 7.61. The van der Waals surface area contributed by atoms with Gasteiger partial charge in [-0.15, -0.1) is 11.8 Å². The van der Waals surface area contributed by atoms with Crippen LogP contribution in [0.3, 0.4) is 0 Å². The minimum atomic E-state index is -0.469. The molecule has 1 aromatic rings. The van der Waals surface area contributed by atoms with Crippen molar-refractivity contribution < 1.29 is 5.11 Å². The molecule has 0 amide bonds. The Hall–Kier alpha value is -0.230. The van der Waals surface area contributed by atoms with Crippen LogP contribution < -0.4 is 11.5 Å². The van der Waals surface area contributed by atoms with E-state index in [-0.39, 0.29) is 6.54 Å². The molecule has 78 valence electrons. The van der Waals surface area contributed by atoms with Gasteiger partial charge in [0.25, 0.3) is 0 Å². The Morgan fingerprint density at radius 1 is 1.50 bits per heavy atom. The molecule has 14 heavy (non-hydrogen) atoms. The van der Waals surface area contributed by atoms with E-state index in [0.717, 1.165) is 9.37 Å². The molecule has 0 spiro atoms. The average Bonchev–Trinajstić information content (AvgIpc) is 2.16. The standard InChI is InChI=1S/C9H13BrN2OS/c10-6-1-2-9(8(12)3-6)14-5-7(13)4-11/h1-3,7,13H,4-5,11-12H2. The van der Waals surface area contributed by atoms with Crippen LogP contribution in [0, 0.1) is 0 Å². The zero-order chi connectivity index (χ0) is 10.6. The van der Waals surface area contributed by atoms with Crippen molar-refractivity contribution in [3.63, 3.8) is 0 Å². The highest BCUT2D eigenvalue weighted by molar-refractivity contribution is 9.10. The molecule has 1 rings (SSSR count). The Labute approximate surface area is 96.0 Å². The van der Waals surface area contributed by atoms with E-state index in [9.17, 15) is 5.11 Å². The zero-order valence-corrected chi connectivity index (χ0v) is 10.0. The summed E-state index contributed by atoms with van der Waals surface area (Å²) in [6.45, 7) is 0.281. The van der Waals surface area contributed by atoms with Gasteiger partial charge in [-0.3, -0.25) is 0 Å². The van der Waals surface area contributed by atoms with Gasteiger partial charge in [0.1, 0.15) is 0 Å². The van der Waals surface area contributed by atoms with E-state index >= 15 is 0 Å². The van der Waals surface area contributed by atoms with Gasteiger partial charge in [-0.1, -0.05) is 15.9 Å². The third-order valence-corrected chi connectivity index (χ3v) is 3.40. The Balaban J connectivity index is 2.59. The smallest absolute Gasteiger partial charge is 0.0756 e. The lowest BCUT2D eigenvalue weighted by Crippen LogP contribution is -2.21. The molecular weight excluding hydrogens is 264 g/mol. The first-order valence-electron chi connectivity index (χ1n) is 4.19. The summed E-state index contributed by atoms with van der Waals surface area (Å²) in [5.74, 6) is 0.572. The largest absolute Gasteiger partial charge is 0.398 e. The monoisotopic (exact) mass is 276 g/mol. The minimum absolute atomic E-state index is 0.281. The number of aliphatic hydroxyl groups excluding tert-OH is 1. The molecule has 1 aromatic carbocycles. The Morgan fingerprint density at radius 3 is 2.79 bits per heavy atom. The number of hydrogen-bond acceptors (Lipinski definition) is 4. The van der Waals surface area contributed by atoms with Crippen LogP contribution in [0.4, 0.5) is 5.69 Å². The van der Waals surface area contributed by atoms with Crippen molar-refractivity contribution in [1.29, 1.82) is 0 Å². The SMILES string of the molecule is NCC(O)CSc1ccc(Br)cc1N. The van der Waals surface area contributed by atoms with E-state index in [1.807, 2.05) is 18.2 Å². The van der Waals surface area contributed by atoms with Crippen molar-refractivity contribution >= 4 is 33.4 Å². The molecular formula is C9H13BrN2OS. The maximum absolute atomic E-state index is 9.27. The number of thioether (sulfide) groups is 1. The first kappa shape index (κ1) is 11.8. The predicted molar refractivity (Wildman–Crippen MR) is 64.3 cm³/mol. The summed E-state index contributed by atoms with van der Waals surface area (Å²) in [4.78, 5) is 0.973. The first-order valence-corrected chi connectivity index (χ1v) is 5.97. The molecule has 0 aliphatic rings. The van der Waals surface area contributed by atoms with E-state index in [1.165, 1.54) is 11.8 Å². The van der Waals surface area contributed by atoms with Crippen molar-refractivity contribution in [2.75, 3.05) is 18.0 Å². The van der Waals surface area contributed by atoms with Crippen LogP contribution in [0.5, 0.6) is 0 Å². The number of aliphatic hydroxyl groups is 1. The maximum atomic E-state index is 9.27. The second-order valence-corrected chi connectivity index (χ2v) is 4.86. The molecule has 1 atom stereocenters. The second kappa shape index (κ2) is 5.60. The molecule has 0 fully saturated rings. The number of nitrogen functional groups attached to an aromatic ring is 1. The number of anilines is 1. The van der Waals surface area contributed by atoms with Crippen LogP contribution in [0.25, 0.3) is 0 Å². The number of nitrogens with two attached hydrogens (primary N) is 2. The highest BCUT2D eigenvalue weighted by atomic mass is 79.9. The van der Waals surface area contributed by atoms with Crippen molar-refractivity contribution in [2.24, 2.45) is 5.73 Å². The quantitative estimate of drug-likeness (QED) is 0.575. The van der Waals surface area contributed by atoms with Crippen LogP contribution in [0.15, 0.2) is 27.6 Å². The van der Waals surface area contributed by atoms with Gasteiger partial charge in [-0.25, -0.2) is 0 Å². The number of halogens is 1. The Kier molecular flexibility index (Phi) is 4.74. The van der Waals surface area contributed by atoms with Crippen LogP contribution in [-0.4, -0.2) is 23.5 Å². The van der Waals surface area contributed by atoms with E-state index in [4.69, 9.17) is 11.5 Å². The van der Waals surface area contributed by atoms with Crippen LogP contribution in [-0.2, 0) is 0 Å². The topological polar surface area (TPSA) is 72.3 Å². The third kappa shape index (κ3) is 3.49. The van der Waals surface area contributed by atoms with Crippen molar-refractivity contribution in [2.45, 2.75) is 11.0 Å². The molecule has 5 heteroatoms. The van der Waals surface area contributed by atoms with Crippen molar-refractivity contribution in [3.05, 3.63) is 22.7 Å². The average molecular weight is 277 g/mol. The van der Waals surface area contributed by atoms with Gasteiger partial charge in [-0.2, -0.15) is 0 Å². The van der Waals surface area contributed by atoms with Crippen LogP contribution in [0.2, 0.25) is 0 Å². The molecule has 0 saturated carbocycles. The summed E-state index contributed by atoms with van der Waals surface area (Å²) in [5.41, 5.74) is 11.8. The highest BCUT2D eigenvalue weighted by Gasteiger charge is 2.05. The Bertz CT molecular complexity index is 309. The van der Waals surface area contributed by atoms with Gasteiger partial charge in [0.05, 0.1) is 6.10 Å². The maximum Gasteiger partial charge on any atom is 0.0756 e. The van der Waals surface area contributed by atoms with Crippen LogP contribution in [0.1, 0.15) is 0 Å². The van der Waals surface area contributed by atoms with E-state index < -0.39 is 6.10 Å². The highest BCUT2D eigenvalue weighted by Crippen LogP contribution is 2.28. The molecule has 0 bridgehead atoms. The van der Waals surface area contributed by atoms with Gasteiger partial charge in [-0.05, 0) is 18.2 Å². The van der Waals surface area contributed by atoms with Crippen molar-refractivity contribution in [3.8, 4) is 0 Å². The molecule has 0 aromatic heterocycles. The normalized spacial score (nSPS) is 12.8. The summed E-state index contributed by atoms with van der Waals surface area (Å²) >= 11 is 4.84. The number of benzene rings is 1. The molecule has 1 unspecified atom stereocenters. The fourth-order valence-electron chi connectivity index (χ4n) is 0.905. The lowest BCUT2D eigenvalue weighted by Gasteiger charge is -2.08. The predicted octanol–water partition coefficient (Wildman–Crippen LogP) is 1.44. The number of rotatable bonds is 4. The fraction of sp³-hybridized carbons (Fsp3) is 0.333. The summed E-state index contributed by atoms with van der Waals surface area (Å²) in [5, 5.41) is 9.27. The molecule has 5 N–H and O–H groups in total. The minimum Gasteiger partial charge on any atom is -0.398 e. The molecule has 0 aliphatic carbocycles. The van der Waals surface area contributed by atoms with Gasteiger partial charge in [0, 0.05) is 27.4 Å². The molecule has 0 heterocycles. The molecule has 0 radical (unpaired) electrons. The van der Waals surface area contributed by atoms with E-state index in [2.05, 4.69) is 15.9 Å².